The van der Waals surface area contributed by atoms with Crippen LogP contribution in [0.2, 0.25) is 0 Å². The molecule has 0 atom stereocenters. The number of nitro groups is 1. The number of carbonyl (C=O) groups is 1. The number of amides is 1. The van der Waals surface area contributed by atoms with Gasteiger partial charge in [0.05, 0.1) is 23.2 Å². The Kier molecular flexibility index (Phi) is 6.42. The van der Waals surface area contributed by atoms with Gasteiger partial charge in [0.15, 0.2) is 5.75 Å². The van der Waals surface area contributed by atoms with E-state index in [9.17, 15) is 14.9 Å². The molecule has 1 amide bonds. The lowest BCUT2D eigenvalue weighted by atomic mass is 10.1. The quantitative estimate of drug-likeness (QED) is 0.552. The molecule has 29 heavy (non-hydrogen) atoms. The van der Waals surface area contributed by atoms with Gasteiger partial charge in [0, 0.05) is 44.4 Å². The van der Waals surface area contributed by atoms with Crippen LogP contribution in [0.4, 0.5) is 5.69 Å². The number of hydrogen-bond donors (Lipinski definition) is 0. The molecule has 0 unspecified atom stereocenters. The molecule has 8 heteroatoms. The molecule has 1 aliphatic heterocycles. The van der Waals surface area contributed by atoms with Gasteiger partial charge in [-0.25, -0.2) is 0 Å². The zero-order valence-electron chi connectivity index (χ0n) is 16.2. The molecule has 1 aliphatic rings. The summed E-state index contributed by atoms with van der Waals surface area (Å²) < 4.78 is 5.27. The highest BCUT2D eigenvalue weighted by molar-refractivity contribution is 5.95. The van der Waals surface area contributed by atoms with Crippen LogP contribution in [0.3, 0.4) is 0 Å². The van der Waals surface area contributed by atoms with Crippen molar-refractivity contribution < 1.29 is 14.5 Å². The van der Waals surface area contributed by atoms with Crippen molar-refractivity contribution in [3.63, 3.8) is 0 Å². The molecule has 1 heterocycles. The largest absolute Gasteiger partial charge is 0.487 e. The molecule has 1 fully saturated rings. The summed E-state index contributed by atoms with van der Waals surface area (Å²) in [6, 6.07) is 13.9. The fraction of sp³-hybridized carbons (Fsp3) is 0.333. The molecule has 2 aromatic carbocycles. The van der Waals surface area contributed by atoms with Crippen LogP contribution in [0.25, 0.3) is 0 Å². The molecule has 0 saturated carbocycles. The van der Waals surface area contributed by atoms with Crippen molar-refractivity contribution in [3.05, 3.63) is 69.3 Å². The maximum Gasteiger partial charge on any atom is 0.311 e. The first-order valence-electron chi connectivity index (χ1n) is 9.43. The van der Waals surface area contributed by atoms with Crippen LogP contribution in [-0.2, 0) is 6.54 Å². The summed E-state index contributed by atoms with van der Waals surface area (Å²) in [5, 5.41) is 20.2. The lowest BCUT2D eigenvalue weighted by molar-refractivity contribution is -0.385. The molecule has 0 N–H and O–H groups in total. The van der Waals surface area contributed by atoms with Crippen molar-refractivity contribution >= 4 is 11.6 Å². The number of rotatable bonds is 6. The van der Waals surface area contributed by atoms with Gasteiger partial charge in [-0.05, 0) is 36.8 Å². The predicted molar refractivity (Wildman–Crippen MR) is 107 cm³/mol. The molecule has 0 bridgehead atoms. The van der Waals surface area contributed by atoms with E-state index in [1.165, 1.54) is 12.1 Å². The van der Waals surface area contributed by atoms with E-state index in [1.54, 1.807) is 30.0 Å². The molecule has 150 valence electrons. The molecule has 3 rings (SSSR count). The highest BCUT2D eigenvalue weighted by atomic mass is 16.6. The SMILES string of the molecule is CCOc1ccc(C(=O)N2CCN(Cc3ccc(C#N)cc3)CC2)cc1[N+](=O)[O-]. The Bertz CT molecular complexity index is 929. The highest BCUT2D eigenvalue weighted by Crippen LogP contribution is 2.28. The van der Waals surface area contributed by atoms with E-state index in [0.717, 1.165) is 12.1 Å². The minimum atomic E-state index is -0.530. The third-order valence-corrected chi connectivity index (χ3v) is 4.85. The Morgan fingerprint density at radius 1 is 1.17 bits per heavy atom. The molecule has 0 radical (unpaired) electrons. The van der Waals surface area contributed by atoms with Gasteiger partial charge in [-0.15, -0.1) is 0 Å². The first-order valence-corrected chi connectivity index (χ1v) is 9.43. The number of piperazine rings is 1. The number of carbonyl (C=O) groups excluding carboxylic acids is 1. The third-order valence-electron chi connectivity index (χ3n) is 4.85. The van der Waals surface area contributed by atoms with E-state index in [4.69, 9.17) is 10.00 Å². The summed E-state index contributed by atoms with van der Waals surface area (Å²) in [5.74, 6) is -0.0459. The highest BCUT2D eigenvalue weighted by Gasteiger charge is 2.25. The third kappa shape index (κ3) is 4.89. The van der Waals surface area contributed by atoms with Gasteiger partial charge in [-0.3, -0.25) is 19.8 Å². The van der Waals surface area contributed by atoms with Gasteiger partial charge in [-0.1, -0.05) is 12.1 Å². The maximum absolute atomic E-state index is 12.8. The van der Waals surface area contributed by atoms with Crippen LogP contribution in [-0.4, -0.2) is 53.4 Å². The zero-order valence-corrected chi connectivity index (χ0v) is 16.2. The van der Waals surface area contributed by atoms with Crippen LogP contribution < -0.4 is 4.74 Å². The Morgan fingerprint density at radius 3 is 2.45 bits per heavy atom. The molecule has 1 saturated heterocycles. The molecule has 0 aliphatic carbocycles. The molecular formula is C21H22N4O4. The smallest absolute Gasteiger partial charge is 0.311 e. The number of hydrogen-bond acceptors (Lipinski definition) is 6. The summed E-state index contributed by atoms with van der Waals surface area (Å²) in [6.45, 7) is 5.35. The molecule has 8 nitrogen and oxygen atoms in total. The van der Waals surface area contributed by atoms with Gasteiger partial charge in [0.2, 0.25) is 0 Å². The fourth-order valence-electron chi connectivity index (χ4n) is 3.31. The monoisotopic (exact) mass is 394 g/mol. The summed E-state index contributed by atoms with van der Waals surface area (Å²) in [5.41, 5.74) is 1.84. The number of nitriles is 1. The second kappa shape index (κ2) is 9.17. The number of ether oxygens (including phenoxy) is 1. The van der Waals surface area contributed by atoms with Gasteiger partial charge in [-0.2, -0.15) is 5.26 Å². The van der Waals surface area contributed by atoms with Crippen LogP contribution >= 0.6 is 0 Å². The Labute approximate surface area is 169 Å². The zero-order chi connectivity index (χ0) is 20.8. The van der Waals surface area contributed by atoms with Crippen molar-refractivity contribution in [1.82, 2.24) is 9.80 Å². The number of benzene rings is 2. The van der Waals surface area contributed by atoms with Crippen LogP contribution in [0, 0.1) is 21.4 Å². The average molecular weight is 394 g/mol. The summed E-state index contributed by atoms with van der Waals surface area (Å²) in [6.07, 6.45) is 0. The van der Waals surface area contributed by atoms with E-state index < -0.39 is 4.92 Å². The predicted octanol–water partition coefficient (Wildman–Crippen LogP) is 2.82. The molecule has 0 aromatic heterocycles. The molecule has 2 aromatic rings. The van der Waals surface area contributed by atoms with E-state index in [2.05, 4.69) is 11.0 Å². The topological polar surface area (TPSA) is 99.7 Å². The van der Waals surface area contributed by atoms with Crippen LogP contribution in [0.15, 0.2) is 42.5 Å². The second-order valence-corrected chi connectivity index (χ2v) is 6.75. The standard InChI is InChI=1S/C21H22N4O4/c1-2-29-20-8-7-18(13-19(20)25(27)28)21(26)24-11-9-23(10-12-24)15-17-5-3-16(14-22)4-6-17/h3-8,13H,2,9-12,15H2,1H3. The normalized spacial score (nSPS) is 14.3. The van der Waals surface area contributed by atoms with E-state index in [1.807, 2.05) is 12.1 Å². The minimum Gasteiger partial charge on any atom is -0.487 e. The average Bonchev–Trinajstić information content (AvgIpc) is 2.74. The van der Waals surface area contributed by atoms with Crippen molar-refractivity contribution in [3.8, 4) is 11.8 Å². The van der Waals surface area contributed by atoms with Crippen molar-refractivity contribution in [2.45, 2.75) is 13.5 Å². The lowest BCUT2D eigenvalue weighted by Crippen LogP contribution is -2.48. The van der Waals surface area contributed by atoms with Crippen LogP contribution in [0.5, 0.6) is 5.75 Å². The lowest BCUT2D eigenvalue weighted by Gasteiger charge is -2.34. The molecule has 0 spiro atoms. The summed E-state index contributed by atoms with van der Waals surface area (Å²) >= 11 is 0. The number of nitrogens with zero attached hydrogens (tertiary/aromatic N) is 4. The number of nitro benzene ring substituents is 1. The Balaban J connectivity index is 1.61. The van der Waals surface area contributed by atoms with Crippen molar-refractivity contribution in [1.29, 1.82) is 5.26 Å². The summed E-state index contributed by atoms with van der Waals surface area (Å²) in [7, 11) is 0. The maximum atomic E-state index is 12.8. The first-order chi connectivity index (χ1) is 14.0. The van der Waals surface area contributed by atoms with Gasteiger partial charge < -0.3 is 9.64 Å². The molecular weight excluding hydrogens is 372 g/mol. The Morgan fingerprint density at radius 2 is 1.86 bits per heavy atom. The van der Waals surface area contributed by atoms with E-state index in [0.29, 0.717) is 43.9 Å². The van der Waals surface area contributed by atoms with E-state index >= 15 is 0 Å². The fourth-order valence-corrected chi connectivity index (χ4v) is 3.31. The minimum absolute atomic E-state index is 0.168. The van der Waals surface area contributed by atoms with E-state index in [-0.39, 0.29) is 17.3 Å². The van der Waals surface area contributed by atoms with Crippen molar-refractivity contribution in [2.75, 3.05) is 32.8 Å². The summed E-state index contributed by atoms with van der Waals surface area (Å²) in [4.78, 5) is 27.5. The second-order valence-electron chi connectivity index (χ2n) is 6.75. The van der Waals surface area contributed by atoms with Gasteiger partial charge >= 0.3 is 5.69 Å². The van der Waals surface area contributed by atoms with Crippen molar-refractivity contribution in [2.24, 2.45) is 0 Å². The van der Waals surface area contributed by atoms with Crippen LogP contribution in [0.1, 0.15) is 28.4 Å². The van der Waals surface area contributed by atoms with Gasteiger partial charge in [0.25, 0.3) is 5.91 Å². The first kappa shape index (κ1) is 20.3. The van der Waals surface area contributed by atoms with Gasteiger partial charge in [0.1, 0.15) is 0 Å². The Hall–Kier alpha value is -3.44.